The van der Waals surface area contributed by atoms with E-state index in [4.69, 9.17) is 4.74 Å². The van der Waals surface area contributed by atoms with E-state index in [1.165, 1.54) is 0 Å². The van der Waals surface area contributed by atoms with Crippen LogP contribution < -0.4 is 4.74 Å². The number of methoxy groups -OCH3 is 1. The maximum atomic E-state index is 5.19. The fourth-order valence-corrected chi connectivity index (χ4v) is 1.26. The quantitative estimate of drug-likeness (QED) is 0.667. The number of hydrogen-bond donors (Lipinski definition) is 0. The lowest BCUT2D eigenvalue weighted by Gasteiger charge is -2.08. The predicted octanol–water partition coefficient (Wildman–Crippen LogP) is 2.35. The molecular formula is C10H13NO. The molecule has 0 saturated carbocycles. The lowest BCUT2D eigenvalue weighted by molar-refractivity contribution is 0.408. The van der Waals surface area contributed by atoms with Gasteiger partial charge in [0, 0.05) is 5.69 Å². The van der Waals surface area contributed by atoms with Gasteiger partial charge in [0.1, 0.15) is 11.4 Å². The van der Waals surface area contributed by atoms with Gasteiger partial charge in [0.15, 0.2) is 0 Å². The molecule has 64 valence electrons. The molecule has 0 radical (unpaired) electrons. The largest absolute Gasteiger partial charge is 0.494 e. The van der Waals surface area contributed by atoms with E-state index in [0.717, 1.165) is 22.7 Å². The van der Waals surface area contributed by atoms with Gasteiger partial charge in [0.25, 0.3) is 0 Å². The summed E-state index contributed by atoms with van der Waals surface area (Å²) in [7, 11) is 1.65. The lowest BCUT2D eigenvalue weighted by atomic mass is 10.2. The minimum atomic E-state index is 0.815. The van der Waals surface area contributed by atoms with Crippen LogP contribution in [0.1, 0.15) is 17.0 Å². The molecule has 1 aromatic rings. The number of ether oxygens (including phenoxy) is 1. The average molecular weight is 163 g/mol. The molecule has 0 atom stereocenters. The summed E-state index contributed by atoms with van der Waals surface area (Å²) in [5.74, 6) is 0.815. The van der Waals surface area contributed by atoms with Crippen molar-refractivity contribution in [1.29, 1.82) is 0 Å². The van der Waals surface area contributed by atoms with Crippen LogP contribution in [0, 0.1) is 13.8 Å². The van der Waals surface area contributed by atoms with Crippen LogP contribution in [0.25, 0.3) is 6.08 Å². The second kappa shape index (κ2) is 3.39. The minimum Gasteiger partial charge on any atom is -0.494 e. The Labute approximate surface area is 72.9 Å². The van der Waals surface area contributed by atoms with Crippen LogP contribution in [0.5, 0.6) is 5.75 Å². The van der Waals surface area contributed by atoms with Crippen LogP contribution in [0.3, 0.4) is 0 Å². The highest BCUT2D eigenvalue weighted by atomic mass is 16.5. The average Bonchev–Trinajstić information content (AvgIpc) is 2.03. The molecule has 0 N–H and O–H groups in total. The maximum Gasteiger partial charge on any atom is 0.147 e. The van der Waals surface area contributed by atoms with Gasteiger partial charge < -0.3 is 4.74 Å². The molecule has 2 heteroatoms. The number of hydrogen-bond acceptors (Lipinski definition) is 2. The first kappa shape index (κ1) is 8.78. The van der Waals surface area contributed by atoms with Gasteiger partial charge in [-0.15, -0.1) is 0 Å². The van der Waals surface area contributed by atoms with E-state index in [-0.39, 0.29) is 0 Å². The molecule has 0 spiro atoms. The summed E-state index contributed by atoms with van der Waals surface area (Å²) in [5, 5.41) is 0. The summed E-state index contributed by atoms with van der Waals surface area (Å²) in [5.41, 5.74) is 2.90. The standard InChI is InChI=1S/C10H13NO/c1-5-9-10(12-4)7(2)6-8(3)11-9/h5-6H,1H2,2-4H3. The van der Waals surface area contributed by atoms with Crippen molar-refractivity contribution in [3.63, 3.8) is 0 Å². The Morgan fingerprint density at radius 1 is 1.50 bits per heavy atom. The highest BCUT2D eigenvalue weighted by molar-refractivity contribution is 5.54. The lowest BCUT2D eigenvalue weighted by Crippen LogP contribution is -1.95. The van der Waals surface area contributed by atoms with Crippen molar-refractivity contribution in [2.45, 2.75) is 13.8 Å². The minimum absolute atomic E-state index is 0.815. The number of aromatic nitrogens is 1. The van der Waals surface area contributed by atoms with Crippen molar-refractivity contribution in [3.05, 3.63) is 29.6 Å². The van der Waals surface area contributed by atoms with Crippen molar-refractivity contribution in [2.24, 2.45) is 0 Å². The zero-order valence-electron chi connectivity index (χ0n) is 7.72. The molecule has 12 heavy (non-hydrogen) atoms. The molecule has 1 heterocycles. The SMILES string of the molecule is C=Cc1nc(C)cc(C)c1OC. The maximum absolute atomic E-state index is 5.19. The summed E-state index contributed by atoms with van der Waals surface area (Å²) >= 11 is 0. The van der Waals surface area contributed by atoms with Crippen LogP contribution in [0.15, 0.2) is 12.6 Å². The Morgan fingerprint density at radius 3 is 2.67 bits per heavy atom. The zero-order valence-corrected chi connectivity index (χ0v) is 7.72. The molecule has 1 rings (SSSR count). The summed E-state index contributed by atoms with van der Waals surface area (Å²) in [6.07, 6.45) is 1.71. The van der Waals surface area contributed by atoms with Gasteiger partial charge in [0.05, 0.1) is 7.11 Å². The first-order valence-electron chi connectivity index (χ1n) is 3.83. The molecule has 0 aliphatic heterocycles. The first-order chi connectivity index (χ1) is 5.69. The highest BCUT2D eigenvalue weighted by Gasteiger charge is 2.04. The summed E-state index contributed by atoms with van der Waals surface area (Å²) < 4.78 is 5.19. The second-order valence-electron chi connectivity index (χ2n) is 2.70. The topological polar surface area (TPSA) is 22.1 Å². The number of aryl methyl sites for hydroxylation is 2. The van der Waals surface area contributed by atoms with Gasteiger partial charge in [0.2, 0.25) is 0 Å². The van der Waals surface area contributed by atoms with E-state index >= 15 is 0 Å². The van der Waals surface area contributed by atoms with Gasteiger partial charge in [-0.2, -0.15) is 0 Å². The van der Waals surface area contributed by atoms with Crippen LogP contribution >= 0.6 is 0 Å². The van der Waals surface area contributed by atoms with E-state index in [1.807, 2.05) is 19.9 Å². The molecule has 0 fully saturated rings. The van der Waals surface area contributed by atoms with Crippen LogP contribution in [-0.2, 0) is 0 Å². The molecular weight excluding hydrogens is 150 g/mol. The first-order valence-corrected chi connectivity index (χ1v) is 3.83. The molecule has 0 bridgehead atoms. The van der Waals surface area contributed by atoms with Crippen molar-refractivity contribution in [2.75, 3.05) is 7.11 Å². The summed E-state index contributed by atoms with van der Waals surface area (Å²) in [6.45, 7) is 7.64. The van der Waals surface area contributed by atoms with Crippen LogP contribution in [0.4, 0.5) is 0 Å². The predicted molar refractivity (Wildman–Crippen MR) is 50.4 cm³/mol. The Bertz CT molecular complexity index is 305. The summed E-state index contributed by atoms with van der Waals surface area (Å²) in [6, 6.07) is 1.99. The van der Waals surface area contributed by atoms with Crippen LogP contribution in [0.2, 0.25) is 0 Å². The molecule has 1 aromatic heterocycles. The molecule has 0 aliphatic carbocycles. The Hall–Kier alpha value is -1.31. The van der Waals surface area contributed by atoms with E-state index in [0.29, 0.717) is 0 Å². The van der Waals surface area contributed by atoms with Gasteiger partial charge >= 0.3 is 0 Å². The summed E-state index contributed by atoms with van der Waals surface area (Å²) in [4.78, 5) is 4.28. The highest BCUT2D eigenvalue weighted by Crippen LogP contribution is 2.22. The Morgan fingerprint density at radius 2 is 2.17 bits per heavy atom. The third-order valence-electron chi connectivity index (χ3n) is 1.71. The zero-order chi connectivity index (χ0) is 9.14. The van der Waals surface area contributed by atoms with Crippen molar-refractivity contribution in [1.82, 2.24) is 4.98 Å². The molecule has 2 nitrogen and oxygen atoms in total. The molecule has 0 aromatic carbocycles. The molecule has 0 aliphatic rings. The van der Waals surface area contributed by atoms with Crippen molar-refractivity contribution >= 4 is 6.08 Å². The third-order valence-corrected chi connectivity index (χ3v) is 1.71. The van der Waals surface area contributed by atoms with Crippen molar-refractivity contribution < 1.29 is 4.74 Å². The number of nitrogens with zero attached hydrogens (tertiary/aromatic N) is 1. The number of pyridine rings is 1. The van der Waals surface area contributed by atoms with Crippen molar-refractivity contribution in [3.8, 4) is 5.75 Å². The van der Waals surface area contributed by atoms with E-state index in [2.05, 4.69) is 11.6 Å². The third kappa shape index (κ3) is 1.47. The fourth-order valence-electron chi connectivity index (χ4n) is 1.26. The molecule has 0 unspecified atom stereocenters. The second-order valence-corrected chi connectivity index (χ2v) is 2.70. The van der Waals surface area contributed by atoms with Gasteiger partial charge in [-0.25, -0.2) is 4.98 Å². The van der Waals surface area contributed by atoms with Gasteiger partial charge in [-0.1, -0.05) is 6.58 Å². The van der Waals surface area contributed by atoms with E-state index < -0.39 is 0 Å². The molecule has 0 amide bonds. The monoisotopic (exact) mass is 163 g/mol. The van der Waals surface area contributed by atoms with Crippen LogP contribution in [-0.4, -0.2) is 12.1 Å². The van der Waals surface area contributed by atoms with E-state index in [9.17, 15) is 0 Å². The normalized spacial score (nSPS) is 9.58. The Kier molecular flexibility index (Phi) is 2.48. The number of rotatable bonds is 2. The fraction of sp³-hybridized carbons (Fsp3) is 0.300. The smallest absolute Gasteiger partial charge is 0.147 e. The molecule has 0 saturated heterocycles. The Balaban J connectivity index is 3.33. The van der Waals surface area contributed by atoms with E-state index in [1.54, 1.807) is 13.2 Å². The van der Waals surface area contributed by atoms with Gasteiger partial charge in [-0.05, 0) is 31.6 Å². The van der Waals surface area contributed by atoms with Gasteiger partial charge in [-0.3, -0.25) is 0 Å².